The summed E-state index contributed by atoms with van der Waals surface area (Å²) in [6.07, 6.45) is 1.33. The van der Waals surface area contributed by atoms with Crippen molar-refractivity contribution < 1.29 is 9.59 Å². The lowest BCUT2D eigenvalue weighted by molar-refractivity contribution is -0.120. The van der Waals surface area contributed by atoms with Crippen molar-refractivity contribution in [2.24, 2.45) is 0 Å². The summed E-state index contributed by atoms with van der Waals surface area (Å²) >= 11 is 1.33. The van der Waals surface area contributed by atoms with E-state index in [1.54, 1.807) is 6.07 Å². The van der Waals surface area contributed by atoms with Crippen LogP contribution in [0.1, 0.15) is 11.1 Å². The normalized spacial score (nSPS) is 10.8. The van der Waals surface area contributed by atoms with Crippen LogP contribution in [0.15, 0.2) is 65.7 Å². The Labute approximate surface area is 182 Å². The van der Waals surface area contributed by atoms with Gasteiger partial charge in [0.2, 0.25) is 5.91 Å². The highest BCUT2D eigenvalue weighted by molar-refractivity contribution is 7.22. The largest absolute Gasteiger partial charge is 0.325 e. The molecule has 156 valence electrons. The molecule has 2 N–H and O–H groups in total. The number of benzene rings is 2. The molecule has 0 aliphatic carbocycles. The number of urea groups is 1. The van der Waals surface area contributed by atoms with Crippen molar-refractivity contribution in [2.45, 2.75) is 20.4 Å². The van der Waals surface area contributed by atoms with Gasteiger partial charge in [0.05, 0.1) is 11.8 Å². The minimum Gasteiger partial charge on any atom is -0.307 e. The molecule has 0 radical (unpaired) electrons. The van der Waals surface area contributed by atoms with Crippen molar-refractivity contribution >= 4 is 39.2 Å². The second-order valence-corrected chi connectivity index (χ2v) is 8.24. The Kier molecular flexibility index (Phi) is 5.64. The number of nitrogens with one attached hydrogen (secondary N) is 2. The van der Waals surface area contributed by atoms with Gasteiger partial charge in [0.15, 0.2) is 0 Å². The lowest BCUT2D eigenvalue weighted by Gasteiger charge is -2.10. The summed E-state index contributed by atoms with van der Waals surface area (Å²) in [5.74, 6) is -0.606. The fourth-order valence-corrected chi connectivity index (χ4v) is 4.30. The minimum atomic E-state index is -0.651. The first kappa shape index (κ1) is 20.5. The van der Waals surface area contributed by atoms with E-state index in [0.29, 0.717) is 15.9 Å². The molecule has 0 spiro atoms. The molecule has 4 aromatic rings. The van der Waals surface area contributed by atoms with E-state index in [9.17, 15) is 14.4 Å². The van der Waals surface area contributed by atoms with Crippen molar-refractivity contribution in [2.75, 3.05) is 5.32 Å². The number of thiophene rings is 1. The number of fused-ring (bicyclic) bond motifs is 1. The van der Waals surface area contributed by atoms with Gasteiger partial charge in [-0.1, -0.05) is 48.0 Å². The Balaban J connectivity index is 1.47. The van der Waals surface area contributed by atoms with Gasteiger partial charge < -0.3 is 5.32 Å². The number of rotatable bonds is 4. The second-order valence-electron chi connectivity index (χ2n) is 7.19. The third kappa shape index (κ3) is 4.54. The van der Waals surface area contributed by atoms with Crippen LogP contribution in [-0.4, -0.2) is 21.5 Å². The van der Waals surface area contributed by atoms with E-state index < -0.39 is 11.9 Å². The summed E-state index contributed by atoms with van der Waals surface area (Å²) in [4.78, 5) is 42.5. The highest BCUT2D eigenvalue weighted by Gasteiger charge is 2.14. The number of anilines is 1. The topological polar surface area (TPSA) is 93.1 Å². The minimum absolute atomic E-state index is 0.305. The van der Waals surface area contributed by atoms with Crippen LogP contribution in [0.5, 0.6) is 0 Å². The average Bonchev–Trinajstić information content (AvgIpc) is 3.18. The molecule has 31 heavy (non-hydrogen) atoms. The molecular weight excluding hydrogens is 412 g/mol. The molecule has 7 nitrogen and oxygen atoms in total. The van der Waals surface area contributed by atoms with E-state index in [1.807, 2.05) is 62.4 Å². The Bertz CT molecular complexity index is 1340. The molecule has 0 bridgehead atoms. The second kappa shape index (κ2) is 8.53. The van der Waals surface area contributed by atoms with E-state index in [0.717, 1.165) is 21.6 Å². The molecule has 2 aromatic heterocycles. The third-order valence-electron chi connectivity index (χ3n) is 4.76. The molecule has 0 aliphatic heterocycles. The SMILES string of the molecule is Cc1ccc(NC(=O)NC(=O)Cn2cnc3cc(-c4ccccc4)sc3c2=O)c(C)c1. The number of hydrogen-bond donors (Lipinski definition) is 2. The zero-order valence-corrected chi connectivity index (χ0v) is 17.8. The number of aromatic nitrogens is 2. The Morgan fingerprint density at radius 1 is 1.06 bits per heavy atom. The van der Waals surface area contributed by atoms with Gasteiger partial charge in [-0.3, -0.25) is 19.5 Å². The molecule has 3 amide bonds. The number of nitrogens with zero attached hydrogens (tertiary/aromatic N) is 2. The summed E-state index contributed by atoms with van der Waals surface area (Å²) in [6.45, 7) is 3.52. The van der Waals surface area contributed by atoms with Gasteiger partial charge in [0.1, 0.15) is 11.2 Å². The van der Waals surface area contributed by atoms with Crippen LogP contribution in [0.25, 0.3) is 20.7 Å². The van der Waals surface area contributed by atoms with Crippen LogP contribution < -0.4 is 16.2 Å². The Morgan fingerprint density at radius 3 is 2.58 bits per heavy atom. The van der Waals surface area contributed by atoms with E-state index >= 15 is 0 Å². The molecule has 8 heteroatoms. The maximum absolute atomic E-state index is 12.8. The van der Waals surface area contributed by atoms with Crippen LogP contribution in [0.3, 0.4) is 0 Å². The van der Waals surface area contributed by atoms with Crippen LogP contribution in [0, 0.1) is 13.8 Å². The molecule has 0 saturated carbocycles. The van der Waals surface area contributed by atoms with Gasteiger partial charge in [-0.2, -0.15) is 0 Å². The quantitative estimate of drug-likeness (QED) is 0.508. The van der Waals surface area contributed by atoms with Gasteiger partial charge in [-0.05, 0) is 37.1 Å². The van der Waals surface area contributed by atoms with Crippen LogP contribution in [-0.2, 0) is 11.3 Å². The van der Waals surface area contributed by atoms with Gasteiger partial charge in [-0.15, -0.1) is 11.3 Å². The van der Waals surface area contributed by atoms with Gasteiger partial charge in [0.25, 0.3) is 5.56 Å². The third-order valence-corrected chi connectivity index (χ3v) is 5.92. The fraction of sp³-hybridized carbons (Fsp3) is 0.130. The van der Waals surface area contributed by atoms with E-state index in [4.69, 9.17) is 0 Å². The first-order valence-electron chi connectivity index (χ1n) is 9.63. The summed E-state index contributed by atoms with van der Waals surface area (Å²) in [5.41, 5.74) is 3.84. The summed E-state index contributed by atoms with van der Waals surface area (Å²) in [5, 5.41) is 4.90. The highest BCUT2D eigenvalue weighted by atomic mass is 32.1. The molecule has 2 aromatic carbocycles. The van der Waals surface area contributed by atoms with Gasteiger partial charge in [-0.25, -0.2) is 9.78 Å². The van der Waals surface area contributed by atoms with Crippen molar-refractivity contribution in [3.63, 3.8) is 0 Å². The molecule has 0 unspecified atom stereocenters. The number of amides is 3. The molecule has 0 fully saturated rings. The number of carbonyl (C=O) groups is 2. The van der Waals surface area contributed by atoms with E-state index in [2.05, 4.69) is 15.6 Å². The maximum atomic E-state index is 12.8. The first-order chi connectivity index (χ1) is 14.9. The lowest BCUT2D eigenvalue weighted by atomic mass is 10.1. The van der Waals surface area contributed by atoms with Crippen LogP contribution in [0.4, 0.5) is 10.5 Å². The first-order valence-corrected chi connectivity index (χ1v) is 10.4. The fourth-order valence-electron chi connectivity index (χ4n) is 3.23. The molecule has 0 atom stereocenters. The lowest BCUT2D eigenvalue weighted by Crippen LogP contribution is -2.38. The molecule has 0 saturated heterocycles. The van der Waals surface area contributed by atoms with Gasteiger partial charge >= 0.3 is 6.03 Å². The van der Waals surface area contributed by atoms with Crippen LogP contribution in [0.2, 0.25) is 0 Å². The van der Waals surface area contributed by atoms with E-state index in [1.165, 1.54) is 22.2 Å². The zero-order valence-electron chi connectivity index (χ0n) is 17.0. The number of carbonyl (C=O) groups excluding carboxylic acids is 2. The molecule has 4 rings (SSSR count). The number of hydrogen-bond acceptors (Lipinski definition) is 5. The van der Waals surface area contributed by atoms with Crippen molar-refractivity contribution in [3.8, 4) is 10.4 Å². The average molecular weight is 433 g/mol. The smallest absolute Gasteiger partial charge is 0.307 e. The van der Waals surface area contributed by atoms with Gasteiger partial charge in [0, 0.05) is 10.6 Å². The van der Waals surface area contributed by atoms with Crippen LogP contribution >= 0.6 is 11.3 Å². The standard InChI is InChI=1S/C23H20N4O3S/c1-14-8-9-17(15(2)10-14)25-23(30)26-20(28)12-27-13-24-18-11-19(31-21(18)22(27)29)16-6-4-3-5-7-16/h3-11,13H,12H2,1-2H3,(H2,25,26,28,30). The monoisotopic (exact) mass is 432 g/mol. The molecular formula is C23H20N4O3S. The van der Waals surface area contributed by atoms with Crippen molar-refractivity contribution in [1.29, 1.82) is 0 Å². The van der Waals surface area contributed by atoms with Crippen molar-refractivity contribution in [1.82, 2.24) is 14.9 Å². The predicted molar refractivity (Wildman–Crippen MR) is 122 cm³/mol. The van der Waals surface area contributed by atoms with Crippen molar-refractivity contribution in [3.05, 3.63) is 82.4 Å². The summed E-state index contributed by atoms with van der Waals surface area (Å²) in [7, 11) is 0. The Morgan fingerprint density at radius 2 is 1.84 bits per heavy atom. The number of aryl methyl sites for hydroxylation is 2. The highest BCUT2D eigenvalue weighted by Crippen LogP contribution is 2.30. The predicted octanol–water partition coefficient (Wildman–Crippen LogP) is 4.09. The zero-order chi connectivity index (χ0) is 22.0. The molecule has 2 heterocycles. The van der Waals surface area contributed by atoms with E-state index in [-0.39, 0.29) is 12.1 Å². The maximum Gasteiger partial charge on any atom is 0.325 e. The Hall–Kier alpha value is -3.78. The molecule has 0 aliphatic rings. The summed E-state index contributed by atoms with van der Waals surface area (Å²) < 4.78 is 1.67. The summed E-state index contributed by atoms with van der Waals surface area (Å²) in [6, 6.07) is 16.5. The number of imide groups is 1.